The van der Waals surface area contributed by atoms with Crippen molar-refractivity contribution in [3.05, 3.63) is 78.3 Å². The molecule has 2 heterocycles. The number of rotatable bonds is 10. The first kappa shape index (κ1) is 23.1. The Bertz CT molecular complexity index is 1140. The van der Waals surface area contributed by atoms with Gasteiger partial charge in [-0.25, -0.2) is 10.3 Å². The van der Waals surface area contributed by atoms with Crippen LogP contribution in [0.4, 0.5) is 5.69 Å². The molecule has 9 heteroatoms. The van der Waals surface area contributed by atoms with E-state index < -0.39 is 17.9 Å². The summed E-state index contributed by atoms with van der Waals surface area (Å²) in [4.78, 5) is 38.7. The molecule has 1 saturated heterocycles. The van der Waals surface area contributed by atoms with Crippen LogP contribution in [0.2, 0.25) is 0 Å². The van der Waals surface area contributed by atoms with Crippen LogP contribution < -0.4 is 25.2 Å². The Balaban J connectivity index is 1.30. The molecule has 34 heavy (non-hydrogen) atoms. The zero-order valence-electron chi connectivity index (χ0n) is 18.7. The highest BCUT2D eigenvalue weighted by atomic mass is 16.5. The average Bonchev–Trinajstić information content (AvgIpc) is 3.45. The van der Waals surface area contributed by atoms with Crippen LogP contribution in [-0.2, 0) is 16.2 Å². The second kappa shape index (κ2) is 10.7. The lowest BCUT2D eigenvalue weighted by Crippen LogP contribution is -2.48. The Morgan fingerprint density at radius 2 is 1.74 bits per heavy atom. The van der Waals surface area contributed by atoms with Gasteiger partial charge in [0, 0.05) is 0 Å². The van der Waals surface area contributed by atoms with Gasteiger partial charge in [-0.3, -0.25) is 19.8 Å². The lowest BCUT2D eigenvalue weighted by Gasteiger charge is -2.16. The smallest absolute Gasteiger partial charge is 0.301 e. The summed E-state index contributed by atoms with van der Waals surface area (Å²) in [5, 5.41) is 0. The molecule has 0 unspecified atom stereocenters. The summed E-state index contributed by atoms with van der Waals surface area (Å²) in [6.45, 7) is 2.76. The molecule has 4 rings (SSSR count). The van der Waals surface area contributed by atoms with Crippen LogP contribution in [0.25, 0.3) is 0 Å². The summed E-state index contributed by atoms with van der Waals surface area (Å²) in [6, 6.07) is 18.2. The van der Waals surface area contributed by atoms with Gasteiger partial charge < -0.3 is 13.9 Å². The second-order valence-electron chi connectivity index (χ2n) is 7.63. The summed E-state index contributed by atoms with van der Waals surface area (Å²) in [6.07, 6.45) is 0.798. The Morgan fingerprint density at radius 1 is 1.00 bits per heavy atom. The van der Waals surface area contributed by atoms with Gasteiger partial charge in [0.1, 0.15) is 29.9 Å². The summed E-state index contributed by atoms with van der Waals surface area (Å²) in [7, 11) is 0. The van der Waals surface area contributed by atoms with Gasteiger partial charge >= 0.3 is 5.91 Å². The van der Waals surface area contributed by atoms with E-state index in [4.69, 9.17) is 13.9 Å². The van der Waals surface area contributed by atoms with Crippen molar-refractivity contribution in [1.29, 1.82) is 0 Å². The van der Waals surface area contributed by atoms with Crippen LogP contribution in [0.1, 0.15) is 36.1 Å². The number of hydrazine groups is 1. The molecule has 1 aliphatic heterocycles. The molecule has 0 aliphatic carbocycles. The molecular weight excluding hydrogens is 438 g/mol. The van der Waals surface area contributed by atoms with Crippen LogP contribution in [0.3, 0.4) is 0 Å². The maximum absolute atomic E-state index is 12.8. The molecule has 176 valence electrons. The van der Waals surface area contributed by atoms with Crippen LogP contribution in [0.15, 0.2) is 71.1 Å². The molecule has 1 aromatic heterocycles. The standard InChI is InChI=1S/C25H25N3O6/c1-2-14-32-19-10-8-17(9-11-19)28-23(29)15-21(25(28)31)26-27-24(30)22-13-12-20(34-22)16-33-18-6-4-3-5-7-18/h3-13,21,26H,2,14-16H2,1H3,(H,27,30)/t21-/m1/s1. The number of furan rings is 1. The second-order valence-corrected chi connectivity index (χ2v) is 7.63. The van der Waals surface area contributed by atoms with Gasteiger partial charge in [0.15, 0.2) is 5.76 Å². The van der Waals surface area contributed by atoms with Gasteiger partial charge in [0.05, 0.1) is 18.7 Å². The zero-order chi connectivity index (χ0) is 23.9. The molecule has 2 N–H and O–H groups in total. The minimum Gasteiger partial charge on any atom is -0.494 e. The molecule has 3 amide bonds. The Kier molecular flexibility index (Phi) is 7.24. The highest BCUT2D eigenvalue weighted by Gasteiger charge is 2.39. The van der Waals surface area contributed by atoms with Crippen molar-refractivity contribution in [1.82, 2.24) is 10.9 Å². The van der Waals surface area contributed by atoms with Gasteiger partial charge in [-0.2, -0.15) is 0 Å². The largest absolute Gasteiger partial charge is 0.494 e. The summed E-state index contributed by atoms with van der Waals surface area (Å²) < 4.78 is 16.6. The van der Waals surface area contributed by atoms with Crippen molar-refractivity contribution in [2.45, 2.75) is 32.4 Å². The third kappa shape index (κ3) is 5.44. The number of nitrogens with zero attached hydrogens (tertiary/aromatic N) is 1. The molecule has 9 nitrogen and oxygen atoms in total. The number of carbonyl (C=O) groups is 3. The van der Waals surface area contributed by atoms with E-state index in [1.807, 2.05) is 37.3 Å². The number of hydrogen-bond acceptors (Lipinski definition) is 7. The van der Waals surface area contributed by atoms with Crippen LogP contribution in [-0.4, -0.2) is 30.4 Å². The van der Waals surface area contributed by atoms with Gasteiger partial charge in [0.2, 0.25) is 5.91 Å². The SMILES string of the molecule is CCCOc1ccc(N2C(=O)C[C@@H](NNC(=O)c3ccc(COc4ccccc4)o3)C2=O)cc1. The van der Waals surface area contributed by atoms with Crippen LogP contribution in [0, 0.1) is 0 Å². The number of anilines is 1. The minimum absolute atomic E-state index is 0.0514. The summed E-state index contributed by atoms with van der Waals surface area (Å²) in [5.41, 5.74) is 5.53. The number of benzene rings is 2. The van der Waals surface area contributed by atoms with E-state index in [9.17, 15) is 14.4 Å². The molecule has 1 fully saturated rings. The van der Waals surface area contributed by atoms with E-state index in [2.05, 4.69) is 10.9 Å². The zero-order valence-corrected chi connectivity index (χ0v) is 18.7. The third-order valence-corrected chi connectivity index (χ3v) is 5.08. The molecule has 0 saturated carbocycles. The van der Waals surface area contributed by atoms with E-state index in [0.29, 0.717) is 29.6 Å². The molecular formula is C25H25N3O6. The lowest BCUT2D eigenvalue weighted by molar-refractivity contribution is -0.121. The first-order valence-corrected chi connectivity index (χ1v) is 11.0. The molecule has 0 bridgehead atoms. The highest BCUT2D eigenvalue weighted by Crippen LogP contribution is 2.25. The molecule has 0 radical (unpaired) electrons. The van der Waals surface area contributed by atoms with Gasteiger partial charge in [-0.05, 0) is 55.0 Å². The van der Waals surface area contributed by atoms with Crippen LogP contribution in [0.5, 0.6) is 11.5 Å². The van der Waals surface area contributed by atoms with E-state index in [1.165, 1.54) is 6.07 Å². The lowest BCUT2D eigenvalue weighted by atomic mass is 10.2. The van der Waals surface area contributed by atoms with E-state index in [0.717, 1.165) is 11.3 Å². The number of carbonyl (C=O) groups excluding carboxylic acids is 3. The average molecular weight is 463 g/mol. The van der Waals surface area contributed by atoms with Gasteiger partial charge in [-0.15, -0.1) is 0 Å². The first-order valence-electron chi connectivity index (χ1n) is 11.0. The number of para-hydroxylation sites is 1. The van der Waals surface area contributed by atoms with Gasteiger partial charge in [0.25, 0.3) is 5.91 Å². The normalized spacial score (nSPS) is 15.4. The van der Waals surface area contributed by atoms with Crippen molar-refractivity contribution >= 4 is 23.4 Å². The maximum Gasteiger partial charge on any atom is 0.301 e. The maximum atomic E-state index is 12.8. The van der Waals surface area contributed by atoms with Crippen molar-refractivity contribution in [2.75, 3.05) is 11.5 Å². The van der Waals surface area contributed by atoms with Crippen LogP contribution >= 0.6 is 0 Å². The highest BCUT2D eigenvalue weighted by molar-refractivity contribution is 6.22. The molecule has 1 aliphatic rings. The van der Waals surface area contributed by atoms with Crippen molar-refractivity contribution < 1.29 is 28.3 Å². The fraction of sp³-hybridized carbons (Fsp3) is 0.240. The van der Waals surface area contributed by atoms with Crippen molar-refractivity contribution in [3.63, 3.8) is 0 Å². The molecule has 1 atom stereocenters. The molecule has 2 aromatic carbocycles. The Morgan fingerprint density at radius 3 is 2.47 bits per heavy atom. The van der Waals surface area contributed by atoms with Gasteiger partial charge in [-0.1, -0.05) is 25.1 Å². The van der Waals surface area contributed by atoms with Crippen molar-refractivity contribution in [2.24, 2.45) is 0 Å². The summed E-state index contributed by atoms with van der Waals surface area (Å²) in [5.74, 6) is 0.486. The fourth-order valence-electron chi connectivity index (χ4n) is 3.39. The molecule has 0 spiro atoms. The predicted octanol–water partition coefficient (Wildman–Crippen LogP) is 3.21. The summed E-state index contributed by atoms with van der Waals surface area (Å²) >= 11 is 0. The fourth-order valence-corrected chi connectivity index (χ4v) is 3.39. The quantitative estimate of drug-likeness (QED) is 0.351. The Labute approximate surface area is 196 Å². The number of hydrogen-bond donors (Lipinski definition) is 2. The number of imide groups is 1. The van der Waals surface area contributed by atoms with E-state index >= 15 is 0 Å². The van der Waals surface area contributed by atoms with Crippen molar-refractivity contribution in [3.8, 4) is 11.5 Å². The Hall–Kier alpha value is -4.11. The first-order chi connectivity index (χ1) is 16.5. The number of amides is 3. The monoisotopic (exact) mass is 463 g/mol. The topological polar surface area (TPSA) is 110 Å². The number of ether oxygens (including phenoxy) is 2. The predicted molar refractivity (Wildman–Crippen MR) is 123 cm³/mol. The van der Waals surface area contributed by atoms with E-state index in [-0.39, 0.29) is 24.7 Å². The molecule has 3 aromatic rings. The minimum atomic E-state index is -0.886. The third-order valence-electron chi connectivity index (χ3n) is 5.08. The van der Waals surface area contributed by atoms with E-state index in [1.54, 1.807) is 30.3 Å². The number of nitrogens with one attached hydrogen (secondary N) is 2.